The summed E-state index contributed by atoms with van der Waals surface area (Å²) in [6.07, 6.45) is 5.39. The standard InChI is InChI=1S/C24H17N5O2/c30-24(22-19-9-3-1-6-16(19)11-13-26-22)27-20-10-4-2-7-17(20)14-21-28-23(29-31-21)18-8-5-12-25-15-18/h1-13,15H,14H2,(H,27,30). The van der Waals surface area contributed by atoms with E-state index in [0.717, 1.165) is 21.9 Å². The Labute approximate surface area is 177 Å². The zero-order valence-corrected chi connectivity index (χ0v) is 16.4. The second kappa shape index (κ2) is 8.16. The van der Waals surface area contributed by atoms with Crippen LogP contribution in [0.3, 0.4) is 0 Å². The lowest BCUT2D eigenvalue weighted by Crippen LogP contribution is -2.15. The SMILES string of the molecule is O=C(Nc1ccccc1Cc1nc(-c2cccnc2)no1)c1nccc2ccccc12. The topological polar surface area (TPSA) is 93.8 Å². The summed E-state index contributed by atoms with van der Waals surface area (Å²) in [4.78, 5) is 25.8. The summed E-state index contributed by atoms with van der Waals surface area (Å²) >= 11 is 0. The predicted molar refractivity (Wildman–Crippen MR) is 116 cm³/mol. The Hall–Kier alpha value is -4.39. The molecule has 150 valence electrons. The molecule has 5 aromatic rings. The van der Waals surface area contributed by atoms with Gasteiger partial charge in [0.15, 0.2) is 0 Å². The number of carbonyl (C=O) groups excluding carboxylic acids is 1. The third-order valence-corrected chi connectivity index (χ3v) is 4.88. The minimum Gasteiger partial charge on any atom is -0.339 e. The van der Waals surface area contributed by atoms with Crippen molar-refractivity contribution in [1.29, 1.82) is 0 Å². The van der Waals surface area contributed by atoms with Crippen molar-refractivity contribution < 1.29 is 9.32 Å². The maximum absolute atomic E-state index is 13.0. The molecule has 2 aromatic carbocycles. The van der Waals surface area contributed by atoms with Gasteiger partial charge in [-0.3, -0.25) is 14.8 Å². The van der Waals surface area contributed by atoms with Crippen LogP contribution in [0.1, 0.15) is 21.9 Å². The highest BCUT2D eigenvalue weighted by Crippen LogP contribution is 2.23. The molecular weight excluding hydrogens is 390 g/mol. The van der Waals surface area contributed by atoms with Crippen LogP contribution in [0.25, 0.3) is 22.2 Å². The quantitative estimate of drug-likeness (QED) is 0.460. The minimum absolute atomic E-state index is 0.272. The molecule has 0 bridgehead atoms. The molecule has 0 radical (unpaired) electrons. The van der Waals surface area contributed by atoms with Crippen LogP contribution in [0.15, 0.2) is 89.8 Å². The highest BCUT2D eigenvalue weighted by molar-refractivity contribution is 6.11. The van der Waals surface area contributed by atoms with Crippen molar-refractivity contribution in [1.82, 2.24) is 20.1 Å². The van der Waals surface area contributed by atoms with Crippen LogP contribution in [-0.4, -0.2) is 26.0 Å². The molecule has 7 heteroatoms. The lowest BCUT2D eigenvalue weighted by atomic mass is 10.1. The fourth-order valence-corrected chi connectivity index (χ4v) is 3.38. The van der Waals surface area contributed by atoms with Crippen LogP contribution in [-0.2, 0) is 6.42 Å². The molecule has 0 aliphatic carbocycles. The van der Waals surface area contributed by atoms with Gasteiger partial charge in [-0.25, -0.2) is 0 Å². The fourth-order valence-electron chi connectivity index (χ4n) is 3.38. The summed E-state index contributed by atoms with van der Waals surface area (Å²) in [6, 6.07) is 20.8. The number of nitrogens with zero attached hydrogens (tertiary/aromatic N) is 4. The third-order valence-electron chi connectivity index (χ3n) is 4.88. The van der Waals surface area contributed by atoms with Crippen molar-refractivity contribution in [2.75, 3.05) is 5.32 Å². The molecular formula is C24H17N5O2. The van der Waals surface area contributed by atoms with E-state index in [-0.39, 0.29) is 5.91 Å². The number of hydrogen-bond acceptors (Lipinski definition) is 6. The number of rotatable bonds is 5. The molecule has 0 atom stereocenters. The number of fused-ring (bicyclic) bond motifs is 1. The number of anilines is 1. The Morgan fingerprint density at radius 1 is 0.935 bits per heavy atom. The molecule has 3 aromatic heterocycles. The van der Waals surface area contributed by atoms with Gasteiger partial charge in [-0.1, -0.05) is 47.6 Å². The Bertz CT molecular complexity index is 1360. The maximum Gasteiger partial charge on any atom is 0.274 e. The highest BCUT2D eigenvalue weighted by atomic mass is 16.5. The molecule has 1 amide bonds. The summed E-state index contributed by atoms with van der Waals surface area (Å²) in [5, 5.41) is 8.77. The summed E-state index contributed by atoms with van der Waals surface area (Å²) in [6.45, 7) is 0. The van der Waals surface area contributed by atoms with Crippen LogP contribution in [0.2, 0.25) is 0 Å². The molecule has 5 rings (SSSR count). The molecule has 31 heavy (non-hydrogen) atoms. The van der Waals surface area contributed by atoms with Crippen molar-refractivity contribution in [3.05, 3.63) is 102 Å². The van der Waals surface area contributed by atoms with Gasteiger partial charge in [0.1, 0.15) is 5.69 Å². The lowest BCUT2D eigenvalue weighted by Gasteiger charge is -2.10. The van der Waals surface area contributed by atoms with Crippen LogP contribution >= 0.6 is 0 Å². The number of nitrogens with one attached hydrogen (secondary N) is 1. The maximum atomic E-state index is 13.0. The number of amides is 1. The number of hydrogen-bond donors (Lipinski definition) is 1. The van der Waals surface area contributed by atoms with Gasteiger partial charge in [0.2, 0.25) is 11.7 Å². The van der Waals surface area contributed by atoms with E-state index in [2.05, 4.69) is 25.4 Å². The smallest absolute Gasteiger partial charge is 0.274 e. The minimum atomic E-state index is -0.272. The number of para-hydroxylation sites is 1. The molecule has 0 spiro atoms. The normalized spacial score (nSPS) is 10.8. The molecule has 0 saturated carbocycles. The molecule has 0 aliphatic rings. The van der Waals surface area contributed by atoms with Gasteiger partial charge in [-0.2, -0.15) is 4.98 Å². The molecule has 1 N–H and O–H groups in total. The Kier molecular flexibility index (Phi) is 4.90. The van der Waals surface area contributed by atoms with E-state index in [1.165, 1.54) is 0 Å². The second-order valence-electron chi connectivity index (χ2n) is 6.92. The zero-order chi connectivity index (χ0) is 21.0. The first-order valence-corrected chi connectivity index (χ1v) is 9.74. The molecule has 3 heterocycles. The van der Waals surface area contributed by atoms with E-state index in [9.17, 15) is 4.79 Å². The first kappa shape index (κ1) is 18.6. The van der Waals surface area contributed by atoms with E-state index in [0.29, 0.717) is 29.5 Å². The second-order valence-corrected chi connectivity index (χ2v) is 6.92. The van der Waals surface area contributed by atoms with Gasteiger partial charge in [0.05, 0.1) is 6.42 Å². The first-order valence-electron chi connectivity index (χ1n) is 9.74. The number of aromatic nitrogens is 4. The van der Waals surface area contributed by atoms with E-state index < -0.39 is 0 Å². The summed E-state index contributed by atoms with van der Waals surface area (Å²) in [5.41, 5.74) is 2.69. The summed E-state index contributed by atoms with van der Waals surface area (Å²) in [7, 11) is 0. The first-order chi connectivity index (χ1) is 15.3. The molecule has 7 nitrogen and oxygen atoms in total. The van der Waals surface area contributed by atoms with Crippen molar-refractivity contribution >= 4 is 22.4 Å². The average Bonchev–Trinajstić information content (AvgIpc) is 3.29. The van der Waals surface area contributed by atoms with Gasteiger partial charge in [0.25, 0.3) is 5.91 Å². The van der Waals surface area contributed by atoms with Crippen molar-refractivity contribution in [2.45, 2.75) is 6.42 Å². The average molecular weight is 407 g/mol. The van der Waals surface area contributed by atoms with Crippen LogP contribution < -0.4 is 5.32 Å². The van der Waals surface area contributed by atoms with E-state index in [1.807, 2.05) is 66.7 Å². The number of pyridine rings is 2. The molecule has 0 unspecified atom stereocenters. The number of carbonyl (C=O) groups is 1. The van der Waals surface area contributed by atoms with Crippen LogP contribution in [0, 0.1) is 0 Å². The third kappa shape index (κ3) is 3.89. The molecule has 0 saturated heterocycles. The van der Waals surface area contributed by atoms with Crippen molar-refractivity contribution in [3.63, 3.8) is 0 Å². The molecule has 0 fully saturated rings. The van der Waals surface area contributed by atoms with Gasteiger partial charge in [0, 0.05) is 35.2 Å². The Balaban J connectivity index is 1.40. The fraction of sp³-hybridized carbons (Fsp3) is 0.0417. The monoisotopic (exact) mass is 407 g/mol. The van der Waals surface area contributed by atoms with Crippen LogP contribution in [0.4, 0.5) is 5.69 Å². The van der Waals surface area contributed by atoms with Gasteiger partial charge < -0.3 is 9.84 Å². The van der Waals surface area contributed by atoms with E-state index in [1.54, 1.807) is 18.6 Å². The summed E-state index contributed by atoms with van der Waals surface area (Å²) < 4.78 is 5.41. The van der Waals surface area contributed by atoms with Gasteiger partial charge in [-0.05, 0) is 35.2 Å². The lowest BCUT2D eigenvalue weighted by molar-refractivity contribution is 0.102. The van der Waals surface area contributed by atoms with E-state index >= 15 is 0 Å². The Morgan fingerprint density at radius 2 is 1.81 bits per heavy atom. The largest absolute Gasteiger partial charge is 0.339 e. The zero-order valence-electron chi connectivity index (χ0n) is 16.4. The molecule has 0 aliphatic heterocycles. The van der Waals surface area contributed by atoms with E-state index in [4.69, 9.17) is 4.52 Å². The summed E-state index contributed by atoms with van der Waals surface area (Å²) in [5.74, 6) is 0.652. The predicted octanol–water partition coefficient (Wildman–Crippen LogP) is 4.52. The van der Waals surface area contributed by atoms with Crippen molar-refractivity contribution in [3.8, 4) is 11.4 Å². The number of benzene rings is 2. The Morgan fingerprint density at radius 3 is 2.71 bits per heavy atom. The van der Waals surface area contributed by atoms with Crippen molar-refractivity contribution in [2.24, 2.45) is 0 Å². The van der Waals surface area contributed by atoms with Gasteiger partial charge >= 0.3 is 0 Å². The highest BCUT2D eigenvalue weighted by Gasteiger charge is 2.15. The van der Waals surface area contributed by atoms with Crippen LogP contribution in [0.5, 0.6) is 0 Å². The van der Waals surface area contributed by atoms with Gasteiger partial charge in [-0.15, -0.1) is 0 Å².